The Morgan fingerprint density at radius 3 is 2.62 bits per heavy atom. The Hall–Kier alpha value is -2.76. The lowest BCUT2D eigenvalue weighted by Crippen LogP contribution is -2.34. The molecule has 3 heterocycles. The van der Waals surface area contributed by atoms with Crippen molar-refractivity contribution in [2.75, 3.05) is 25.1 Å². The zero-order valence-corrected chi connectivity index (χ0v) is 15.6. The third-order valence-electron chi connectivity index (χ3n) is 5.22. The van der Waals surface area contributed by atoms with Crippen LogP contribution in [0.4, 0.5) is 5.82 Å². The minimum atomic E-state index is 0.553. The fourth-order valence-electron chi connectivity index (χ4n) is 3.88. The first kappa shape index (κ1) is 16.7. The van der Waals surface area contributed by atoms with Crippen molar-refractivity contribution in [3.8, 4) is 11.4 Å². The molecule has 0 saturated carbocycles. The third kappa shape index (κ3) is 2.96. The Morgan fingerprint density at radius 2 is 1.92 bits per heavy atom. The molecule has 0 amide bonds. The van der Waals surface area contributed by atoms with Crippen LogP contribution < -0.4 is 9.64 Å². The molecule has 3 aromatic rings. The lowest BCUT2D eigenvalue weighted by Gasteiger charge is -2.33. The van der Waals surface area contributed by atoms with Crippen LogP contribution in [0.15, 0.2) is 36.7 Å². The number of hydrogen-bond donors (Lipinski definition) is 1. The Labute approximate surface area is 153 Å². The van der Waals surface area contributed by atoms with Gasteiger partial charge in [0.15, 0.2) is 0 Å². The average molecular weight is 351 g/mol. The van der Waals surface area contributed by atoms with Crippen LogP contribution in [0.5, 0.6) is 5.75 Å². The van der Waals surface area contributed by atoms with Crippen molar-refractivity contribution in [1.29, 1.82) is 0 Å². The highest BCUT2D eigenvalue weighted by Crippen LogP contribution is 2.33. The Kier molecular flexibility index (Phi) is 4.41. The van der Waals surface area contributed by atoms with E-state index in [1.54, 1.807) is 13.4 Å². The molecule has 0 unspecified atom stereocenters. The van der Waals surface area contributed by atoms with Crippen molar-refractivity contribution in [2.24, 2.45) is 0 Å². The molecular weight excluding hydrogens is 326 g/mol. The van der Waals surface area contributed by atoms with Gasteiger partial charge in [0.1, 0.15) is 17.3 Å². The van der Waals surface area contributed by atoms with E-state index in [0.29, 0.717) is 5.92 Å². The summed E-state index contributed by atoms with van der Waals surface area (Å²) in [7, 11) is 1.70. The topological polar surface area (TPSA) is 59.0 Å². The van der Waals surface area contributed by atoms with Crippen LogP contribution in [-0.2, 0) is 0 Å². The molecule has 1 saturated heterocycles. The maximum atomic E-state index is 5.54. The van der Waals surface area contributed by atoms with Crippen molar-refractivity contribution in [2.45, 2.75) is 32.6 Å². The number of anilines is 1. The number of ether oxygens (including phenoxy) is 1. The zero-order valence-electron chi connectivity index (χ0n) is 15.6. The van der Waals surface area contributed by atoms with Crippen LogP contribution in [0.3, 0.4) is 0 Å². The second-order valence-electron chi connectivity index (χ2n) is 6.89. The molecule has 0 radical (unpaired) electrons. The van der Waals surface area contributed by atoms with Crippen molar-refractivity contribution >= 4 is 5.82 Å². The summed E-state index contributed by atoms with van der Waals surface area (Å²) in [5, 5.41) is 4.73. The standard InChI is InChI=1S/C20H25N5O/c1-14-12-19(25(23-14)17-6-4-5-7-18(17)26-3)24-10-8-16(9-11-24)20-15(2)21-13-22-20/h4-7,12-13,16H,8-11H2,1-3H3,(H,21,22). The summed E-state index contributed by atoms with van der Waals surface area (Å²) in [6.45, 7) is 6.13. The van der Waals surface area contributed by atoms with Crippen molar-refractivity contribution in [3.05, 3.63) is 53.7 Å². The fourth-order valence-corrected chi connectivity index (χ4v) is 3.88. The number of aromatic nitrogens is 4. The predicted octanol–water partition coefficient (Wildman–Crippen LogP) is 3.60. The maximum absolute atomic E-state index is 5.54. The van der Waals surface area contributed by atoms with Crippen LogP contribution in [0.2, 0.25) is 0 Å². The van der Waals surface area contributed by atoms with Gasteiger partial charge < -0.3 is 14.6 Å². The molecule has 0 aliphatic carbocycles. The Balaban J connectivity index is 1.59. The molecule has 6 nitrogen and oxygen atoms in total. The summed E-state index contributed by atoms with van der Waals surface area (Å²) in [4.78, 5) is 10.1. The Morgan fingerprint density at radius 1 is 1.15 bits per heavy atom. The molecule has 4 rings (SSSR count). The number of H-pyrrole nitrogens is 1. The molecule has 0 spiro atoms. The average Bonchev–Trinajstić information content (AvgIpc) is 3.27. The molecule has 1 aliphatic rings. The molecule has 1 aromatic carbocycles. The van der Waals surface area contributed by atoms with E-state index in [-0.39, 0.29) is 0 Å². The number of methoxy groups -OCH3 is 1. The number of aromatic amines is 1. The second kappa shape index (κ2) is 6.86. The van der Waals surface area contributed by atoms with Crippen LogP contribution in [0.25, 0.3) is 5.69 Å². The van der Waals surface area contributed by atoms with Gasteiger partial charge in [0, 0.05) is 30.8 Å². The summed E-state index contributed by atoms with van der Waals surface area (Å²) in [6, 6.07) is 10.2. The van der Waals surface area contributed by atoms with Crippen LogP contribution in [0, 0.1) is 13.8 Å². The van der Waals surface area contributed by atoms with E-state index in [1.165, 1.54) is 5.69 Å². The SMILES string of the molecule is COc1ccccc1-n1nc(C)cc1N1CCC(c2[nH]cnc2C)CC1. The smallest absolute Gasteiger partial charge is 0.144 e. The van der Waals surface area contributed by atoms with E-state index in [0.717, 1.165) is 54.6 Å². The number of aryl methyl sites for hydroxylation is 2. The Bertz CT molecular complexity index is 889. The molecule has 136 valence electrons. The second-order valence-corrected chi connectivity index (χ2v) is 6.89. The maximum Gasteiger partial charge on any atom is 0.144 e. The fraction of sp³-hybridized carbons (Fsp3) is 0.400. The lowest BCUT2D eigenvalue weighted by atomic mass is 9.92. The number of para-hydroxylation sites is 2. The number of hydrogen-bond acceptors (Lipinski definition) is 4. The van der Waals surface area contributed by atoms with E-state index in [9.17, 15) is 0 Å². The highest BCUT2D eigenvalue weighted by molar-refractivity contribution is 5.54. The highest BCUT2D eigenvalue weighted by atomic mass is 16.5. The van der Waals surface area contributed by atoms with Crippen molar-refractivity contribution in [3.63, 3.8) is 0 Å². The molecular formula is C20H25N5O. The monoisotopic (exact) mass is 351 g/mol. The third-order valence-corrected chi connectivity index (χ3v) is 5.22. The normalized spacial score (nSPS) is 15.4. The molecule has 1 aliphatic heterocycles. The van der Waals surface area contributed by atoms with E-state index >= 15 is 0 Å². The quantitative estimate of drug-likeness (QED) is 0.780. The molecule has 0 bridgehead atoms. The van der Waals surface area contributed by atoms with Gasteiger partial charge in [-0.05, 0) is 38.8 Å². The van der Waals surface area contributed by atoms with Gasteiger partial charge in [-0.15, -0.1) is 0 Å². The van der Waals surface area contributed by atoms with Gasteiger partial charge in [-0.2, -0.15) is 5.10 Å². The molecule has 6 heteroatoms. The van der Waals surface area contributed by atoms with E-state index in [1.807, 2.05) is 29.8 Å². The van der Waals surface area contributed by atoms with Crippen LogP contribution >= 0.6 is 0 Å². The van der Waals surface area contributed by atoms with Gasteiger partial charge in [0.2, 0.25) is 0 Å². The first-order valence-electron chi connectivity index (χ1n) is 9.12. The number of nitrogens with zero attached hydrogens (tertiary/aromatic N) is 4. The molecule has 1 fully saturated rings. The van der Waals surface area contributed by atoms with Gasteiger partial charge in [-0.3, -0.25) is 0 Å². The van der Waals surface area contributed by atoms with Gasteiger partial charge in [0.25, 0.3) is 0 Å². The minimum absolute atomic E-state index is 0.553. The largest absolute Gasteiger partial charge is 0.494 e. The minimum Gasteiger partial charge on any atom is -0.494 e. The molecule has 26 heavy (non-hydrogen) atoms. The molecule has 1 N–H and O–H groups in total. The summed E-state index contributed by atoms with van der Waals surface area (Å²) < 4.78 is 7.55. The first-order valence-corrected chi connectivity index (χ1v) is 9.12. The van der Waals surface area contributed by atoms with E-state index in [4.69, 9.17) is 9.84 Å². The lowest BCUT2D eigenvalue weighted by molar-refractivity contribution is 0.411. The van der Waals surface area contributed by atoms with Crippen LogP contribution in [0.1, 0.15) is 35.8 Å². The van der Waals surface area contributed by atoms with Gasteiger partial charge in [0.05, 0.1) is 24.8 Å². The van der Waals surface area contributed by atoms with E-state index < -0.39 is 0 Å². The first-order chi connectivity index (χ1) is 12.7. The number of rotatable bonds is 4. The number of piperidine rings is 1. The zero-order chi connectivity index (χ0) is 18.1. The van der Waals surface area contributed by atoms with Crippen molar-refractivity contribution < 1.29 is 4.74 Å². The summed E-state index contributed by atoms with van der Waals surface area (Å²) in [6.07, 6.45) is 4.02. The summed E-state index contributed by atoms with van der Waals surface area (Å²) in [5.41, 5.74) is 4.40. The molecule has 0 atom stereocenters. The number of imidazole rings is 1. The van der Waals surface area contributed by atoms with Gasteiger partial charge >= 0.3 is 0 Å². The summed E-state index contributed by atoms with van der Waals surface area (Å²) >= 11 is 0. The number of benzene rings is 1. The van der Waals surface area contributed by atoms with E-state index in [2.05, 4.69) is 33.9 Å². The predicted molar refractivity (Wildman–Crippen MR) is 102 cm³/mol. The number of nitrogens with one attached hydrogen (secondary N) is 1. The summed E-state index contributed by atoms with van der Waals surface area (Å²) in [5.74, 6) is 2.52. The van der Waals surface area contributed by atoms with Crippen molar-refractivity contribution in [1.82, 2.24) is 19.7 Å². The van der Waals surface area contributed by atoms with Gasteiger partial charge in [-0.1, -0.05) is 12.1 Å². The highest BCUT2D eigenvalue weighted by Gasteiger charge is 2.26. The van der Waals surface area contributed by atoms with Gasteiger partial charge in [-0.25, -0.2) is 9.67 Å². The van der Waals surface area contributed by atoms with Crippen LogP contribution in [-0.4, -0.2) is 39.9 Å². The molecule has 2 aromatic heterocycles.